The highest BCUT2D eigenvalue weighted by molar-refractivity contribution is 5.79. The molecule has 4 aliphatic rings. The molecule has 0 unspecified atom stereocenters. The molecule has 34 heavy (non-hydrogen) atoms. The summed E-state index contributed by atoms with van der Waals surface area (Å²) in [7, 11) is 0. The van der Waals surface area contributed by atoms with Crippen molar-refractivity contribution in [3.05, 3.63) is 0 Å². The van der Waals surface area contributed by atoms with Crippen LogP contribution in [-0.4, -0.2) is 41.0 Å². The van der Waals surface area contributed by atoms with Crippen LogP contribution in [0.1, 0.15) is 91.9 Å². The van der Waals surface area contributed by atoms with Gasteiger partial charge < -0.3 is 14.6 Å². The molecule has 9 atom stereocenters. The molecular weight excluding hydrogens is 436 g/mol. The number of aliphatic carboxylic acids is 1. The smallest absolute Gasteiger partial charge is 0.306 e. The molecule has 7 nitrogen and oxygen atoms in total. The first-order valence-electron chi connectivity index (χ1n) is 13.0. The fourth-order valence-corrected chi connectivity index (χ4v) is 8.72. The second-order valence-electron chi connectivity index (χ2n) is 11.9. The molecule has 0 heterocycles. The summed E-state index contributed by atoms with van der Waals surface area (Å²) in [5.74, 6) is 0.0295. The standard InChI is InChI=1S/C27H40O7/c1-15(28)19-5-6-20-25-21(10-12-27(19,20)4)26(3)11-9-18(34-24(32)8-7-23(30)31)13-17(26)14-22(25)33-16(2)29/h17-22,25H,5-14H2,1-4H3,(H,30,31)/t17-,18-,19-,20+,21+,22-,25+,26+,27-/m1/s1. The van der Waals surface area contributed by atoms with Crippen LogP contribution in [0.2, 0.25) is 0 Å². The van der Waals surface area contributed by atoms with E-state index in [4.69, 9.17) is 14.6 Å². The number of rotatable bonds is 6. The maximum Gasteiger partial charge on any atom is 0.306 e. The van der Waals surface area contributed by atoms with Crippen molar-refractivity contribution in [1.82, 2.24) is 0 Å². The maximum atomic E-state index is 12.5. The molecule has 4 aliphatic carbocycles. The summed E-state index contributed by atoms with van der Waals surface area (Å²) in [5.41, 5.74) is 0.0619. The molecule has 4 rings (SSSR count). The Morgan fingerprint density at radius 1 is 0.853 bits per heavy atom. The number of fused-ring (bicyclic) bond motifs is 5. The molecule has 0 spiro atoms. The van der Waals surface area contributed by atoms with E-state index in [0.29, 0.717) is 11.8 Å². The Bertz CT molecular complexity index is 852. The molecule has 0 aromatic carbocycles. The molecule has 1 N–H and O–H groups in total. The van der Waals surface area contributed by atoms with Gasteiger partial charge in [0.2, 0.25) is 0 Å². The summed E-state index contributed by atoms with van der Waals surface area (Å²) < 4.78 is 11.7. The lowest BCUT2D eigenvalue weighted by atomic mass is 9.44. The van der Waals surface area contributed by atoms with E-state index in [2.05, 4.69) is 13.8 Å². The fourth-order valence-electron chi connectivity index (χ4n) is 8.72. The van der Waals surface area contributed by atoms with Gasteiger partial charge in [0.05, 0.1) is 12.8 Å². The summed E-state index contributed by atoms with van der Waals surface area (Å²) in [5, 5.41) is 8.83. The number of ketones is 1. The molecule has 0 radical (unpaired) electrons. The molecule has 0 aliphatic heterocycles. The number of Topliss-reactive ketones (excluding diaryl/α,β-unsaturated/α-hetero) is 1. The van der Waals surface area contributed by atoms with Crippen molar-refractivity contribution in [2.45, 2.75) is 104 Å². The van der Waals surface area contributed by atoms with Gasteiger partial charge in [-0.1, -0.05) is 13.8 Å². The van der Waals surface area contributed by atoms with Gasteiger partial charge in [-0.3, -0.25) is 19.2 Å². The summed E-state index contributed by atoms with van der Waals surface area (Å²) in [6, 6.07) is 0. The number of carbonyl (C=O) groups is 4. The van der Waals surface area contributed by atoms with Crippen LogP contribution >= 0.6 is 0 Å². The van der Waals surface area contributed by atoms with Crippen molar-refractivity contribution in [2.75, 3.05) is 0 Å². The topological polar surface area (TPSA) is 107 Å². The summed E-state index contributed by atoms with van der Waals surface area (Å²) in [6.07, 6.45) is 6.54. The zero-order valence-corrected chi connectivity index (χ0v) is 21.0. The minimum absolute atomic E-state index is 0.0224. The molecule has 4 fully saturated rings. The van der Waals surface area contributed by atoms with Gasteiger partial charge >= 0.3 is 17.9 Å². The average Bonchev–Trinajstić information content (AvgIpc) is 3.10. The Morgan fingerprint density at radius 2 is 1.53 bits per heavy atom. The molecule has 190 valence electrons. The summed E-state index contributed by atoms with van der Waals surface area (Å²) in [6.45, 7) is 7.87. The lowest BCUT2D eigenvalue weighted by Gasteiger charge is -2.62. The van der Waals surface area contributed by atoms with E-state index in [1.807, 2.05) is 0 Å². The van der Waals surface area contributed by atoms with Crippen LogP contribution in [0.15, 0.2) is 0 Å². The maximum absolute atomic E-state index is 12.5. The van der Waals surface area contributed by atoms with Gasteiger partial charge in [-0.15, -0.1) is 0 Å². The van der Waals surface area contributed by atoms with E-state index in [0.717, 1.165) is 51.4 Å². The second-order valence-corrected chi connectivity index (χ2v) is 11.9. The Balaban J connectivity index is 1.55. The highest BCUT2D eigenvalue weighted by atomic mass is 16.5. The third-order valence-electron chi connectivity index (χ3n) is 10.3. The van der Waals surface area contributed by atoms with Crippen molar-refractivity contribution >= 4 is 23.7 Å². The first-order valence-corrected chi connectivity index (χ1v) is 13.0. The number of esters is 2. The number of carboxylic acids is 1. The largest absolute Gasteiger partial charge is 0.481 e. The number of hydrogen-bond acceptors (Lipinski definition) is 6. The monoisotopic (exact) mass is 476 g/mol. The molecule has 0 amide bonds. The third-order valence-corrected chi connectivity index (χ3v) is 10.3. The van der Waals surface area contributed by atoms with E-state index >= 15 is 0 Å². The van der Waals surface area contributed by atoms with E-state index in [9.17, 15) is 19.2 Å². The highest BCUT2D eigenvalue weighted by Gasteiger charge is 2.64. The van der Waals surface area contributed by atoms with Gasteiger partial charge in [0.1, 0.15) is 18.0 Å². The lowest BCUT2D eigenvalue weighted by Crippen LogP contribution is -2.59. The highest BCUT2D eigenvalue weighted by Crippen LogP contribution is 2.68. The molecule has 7 heteroatoms. The van der Waals surface area contributed by atoms with Gasteiger partial charge in [-0.2, -0.15) is 0 Å². The van der Waals surface area contributed by atoms with E-state index in [1.165, 1.54) is 6.92 Å². The average molecular weight is 477 g/mol. The van der Waals surface area contributed by atoms with Gasteiger partial charge in [-0.05, 0) is 86.9 Å². The predicted molar refractivity (Wildman–Crippen MR) is 124 cm³/mol. The zero-order chi connectivity index (χ0) is 24.8. The van der Waals surface area contributed by atoms with Crippen LogP contribution in [-0.2, 0) is 28.7 Å². The molecule has 0 saturated heterocycles. The minimum Gasteiger partial charge on any atom is -0.481 e. The van der Waals surface area contributed by atoms with Crippen molar-refractivity contribution < 1.29 is 33.8 Å². The second kappa shape index (κ2) is 9.27. The quantitative estimate of drug-likeness (QED) is 0.560. The number of carbonyl (C=O) groups excluding carboxylic acids is 3. The van der Waals surface area contributed by atoms with Crippen LogP contribution in [0.25, 0.3) is 0 Å². The SMILES string of the molecule is CC(=O)O[C@@H]1C[C@H]2C[C@H](OC(=O)CCC(=O)O)CC[C@]2(C)[C@H]2CC[C@]3(C)[C@@H](C(C)=O)CC[C@H]3[C@H]12. The first kappa shape index (κ1) is 25.2. The van der Waals surface area contributed by atoms with Crippen LogP contribution in [0, 0.1) is 40.4 Å². The van der Waals surface area contributed by atoms with E-state index < -0.39 is 11.9 Å². The fraction of sp³-hybridized carbons (Fsp3) is 0.852. The number of hydrogen-bond donors (Lipinski definition) is 1. The Morgan fingerprint density at radius 3 is 2.18 bits per heavy atom. The molecular formula is C27H40O7. The molecule has 0 bridgehead atoms. The Labute approximate surface area is 202 Å². The van der Waals surface area contributed by atoms with Crippen LogP contribution in [0.5, 0.6) is 0 Å². The number of ether oxygens (including phenoxy) is 2. The minimum atomic E-state index is -1.00. The summed E-state index contributed by atoms with van der Waals surface area (Å²) >= 11 is 0. The van der Waals surface area contributed by atoms with E-state index in [1.54, 1.807) is 6.92 Å². The predicted octanol–water partition coefficient (Wildman–Crippen LogP) is 4.55. The Kier molecular flexibility index (Phi) is 6.87. The van der Waals surface area contributed by atoms with Crippen molar-refractivity contribution in [1.29, 1.82) is 0 Å². The van der Waals surface area contributed by atoms with Crippen molar-refractivity contribution in [3.8, 4) is 0 Å². The lowest BCUT2D eigenvalue weighted by molar-refractivity contribution is -0.196. The normalized spacial score (nSPS) is 43.1. The molecule has 4 saturated carbocycles. The van der Waals surface area contributed by atoms with Gasteiger partial charge in [-0.25, -0.2) is 0 Å². The number of carboxylic acid groups (broad SMARTS) is 1. The van der Waals surface area contributed by atoms with Crippen LogP contribution < -0.4 is 0 Å². The van der Waals surface area contributed by atoms with Crippen LogP contribution in [0.3, 0.4) is 0 Å². The molecule has 0 aromatic heterocycles. The Hall–Kier alpha value is -1.92. The zero-order valence-electron chi connectivity index (χ0n) is 21.0. The van der Waals surface area contributed by atoms with Crippen molar-refractivity contribution in [2.24, 2.45) is 40.4 Å². The first-order chi connectivity index (χ1) is 16.0. The summed E-state index contributed by atoms with van der Waals surface area (Å²) in [4.78, 5) is 47.5. The van der Waals surface area contributed by atoms with Gasteiger partial charge in [0.25, 0.3) is 0 Å². The van der Waals surface area contributed by atoms with Crippen LogP contribution in [0.4, 0.5) is 0 Å². The van der Waals surface area contributed by atoms with Gasteiger partial charge in [0, 0.05) is 18.8 Å². The van der Waals surface area contributed by atoms with E-state index in [-0.39, 0.29) is 65.4 Å². The van der Waals surface area contributed by atoms with Crippen molar-refractivity contribution in [3.63, 3.8) is 0 Å². The van der Waals surface area contributed by atoms with Gasteiger partial charge in [0.15, 0.2) is 0 Å². The molecule has 0 aromatic rings. The third kappa shape index (κ3) is 4.39.